The average molecular weight is 290 g/mol. The molecule has 5 heteroatoms. The first-order chi connectivity index (χ1) is 9.99. The Morgan fingerprint density at radius 3 is 2.76 bits per heavy atom. The third-order valence-electron chi connectivity index (χ3n) is 4.01. The van der Waals surface area contributed by atoms with Gasteiger partial charge in [0.15, 0.2) is 0 Å². The zero-order chi connectivity index (χ0) is 15.4. The number of hydrogen-bond donors (Lipinski definition) is 3. The number of para-hydroxylation sites is 1. The molecule has 0 radical (unpaired) electrons. The van der Waals surface area contributed by atoms with Crippen LogP contribution >= 0.6 is 0 Å². The van der Waals surface area contributed by atoms with Gasteiger partial charge in [-0.3, -0.25) is 9.59 Å². The number of fused-ring (bicyclic) bond motifs is 1. The predicted octanol–water partition coefficient (Wildman–Crippen LogP) is 2.06. The topological polar surface area (TPSA) is 78.4 Å². The molecule has 0 aliphatic carbocycles. The highest BCUT2D eigenvalue weighted by Crippen LogP contribution is 2.32. The number of anilines is 1. The van der Waals surface area contributed by atoms with Crippen LogP contribution in [0.4, 0.5) is 5.69 Å². The maximum absolute atomic E-state index is 12.0. The van der Waals surface area contributed by atoms with Crippen molar-refractivity contribution in [2.45, 2.75) is 26.2 Å². The summed E-state index contributed by atoms with van der Waals surface area (Å²) in [5, 5.41) is 15.1. The van der Waals surface area contributed by atoms with Gasteiger partial charge in [-0.1, -0.05) is 32.0 Å². The predicted molar refractivity (Wildman–Crippen MR) is 81.3 cm³/mol. The lowest BCUT2D eigenvalue weighted by molar-refractivity contribution is -0.143. The molecule has 1 aliphatic rings. The summed E-state index contributed by atoms with van der Waals surface area (Å²) in [6.45, 7) is 4.64. The zero-order valence-electron chi connectivity index (χ0n) is 12.4. The van der Waals surface area contributed by atoms with Crippen LogP contribution < -0.4 is 10.6 Å². The second-order valence-electron chi connectivity index (χ2n) is 5.86. The first-order valence-electron chi connectivity index (χ1n) is 7.31. The minimum Gasteiger partial charge on any atom is -0.481 e. The monoisotopic (exact) mass is 290 g/mol. The summed E-state index contributed by atoms with van der Waals surface area (Å²) in [6.07, 6.45) is 0.383. The Morgan fingerprint density at radius 2 is 2.10 bits per heavy atom. The van der Waals surface area contributed by atoms with E-state index in [1.165, 1.54) is 0 Å². The number of amides is 1. The number of carbonyl (C=O) groups excluding carboxylic acids is 1. The first-order valence-corrected chi connectivity index (χ1v) is 7.31. The van der Waals surface area contributed by atoms with Crippen molar-refractivity contribution >= 4 is 17.6 Å². The van der Waals surface area contributed by atoms with Gasteiger partial charge in [-0.25, -0.2) is 0 Å². The van der Waals surface area contributed by atoms with Crippen molar-refractivity contribution in [1.82, 2.24) is 5.32 Å². The minimum absolute atomic E-state index is 0.00308. The van der Waals surface area contributed by atoms with Crippen LogP contribution in [0.25, 0.3) is 0 Å². The highest BCUT2D eigenvalue weighted by molar-refractivity contribution is 5.79. The van der Waals surface area contributed by atoms with Gasteiger partial charge in [-0.15, -0.1) is 0 Å². The van der Waals surface area contributed by atoms with Gasteiger partial charge in [0.1, 0.15) is 0 Å². The molecule has 2 rings (SSSR count). The molecule has 5 nitrogen and oxygen atoms in total. The van der Waals surface area contributed by atoms with Crippen molar-refractivity contribution < 1.29 is 14.7 Å². The third-order valence-corrected chi connectivity index (χ3v) is 4.01. The summed E-state index contributed by atoms with van der Waals surface area (Å²) in [7, 11) is 0. The third kappa shape index (κ3) is 3.74. The van der Waals surface area contributed by atoms with E-state index in [1.807, 2.05) is 38.1 Å². The van der Waals surface area contributed by atoms with E-state index in [9.17, 15) is 9.59 Å². The van der Waals surface area contributed by atoms with Crippen LogP contribution in [0.1, 0.15) is 31.7 Å². The molecule has 114 valence electrons. The molecule has 0 aromatic heterocycles. The van der Waals surface area contributed by atoms with E-state index in [1.54, 1.807) is 0 Å². The highest BCUT2D eigenvalue weighted by atomic mass is 16.4. The van der Waals surface area contributed by atoms with Gasteiger partial charge in [0.05, 0.1) is 5.92 Å². The van der Waals surface area contributed by atoms with Gasteiger partial charge >= 0.3 is 5.97 Å². The second kappa shape index (κ2) is 6.61. The van der Waals surface area contributed by atoms with Gasteiger partial charge in [-0.2, -0.15) is 0 Å². The smallest absolute Gasteiger partial charge is 0.308 e. The Bertz CT molecular complexity index is 528. The van der Waals surface area contributed by atoms with Crippen LogP contribution in [0.5, 0.6) is 0 Å². The number of benzene rings is 1. The Kier molecular flexibility index (Phi) is 4.83. The molecule has 1 aliphatic heterocycles. The van der Waals surface area contributed by atoms with E-state index in [-0.39, 0.29) is 24.3 Å². The fourth-order valence-corrected chi connectivity index (χ4v) is 2.67. The largest absolute Gasteiger partial charge is 0.481 e. The van der Waals surface area contributed by atoms with Gasteiger partial charge < -0.3 is 15.7 Å². The van der Waals surface area contributed by atoms with Crippen molar-refractivity contribution in [2.24, 2.45) is 11.8 Å². The van der Waals surface area contributed by atoms with E-state index in [0.29, 0.717) is 6.42 Å². The van der Waals surface area contributed by atoms with Crippen LogP contribution in [0, 0.1) is 11.8 Å². The van der Waals surface area contributed by atoms with Crippen molar-refractivity contribution in [1.29, 1.82) is 0 Å². The normalized spacial score (nSPS) is 18.0. The fourth-order valence-electron chi connectivity index (χ4n) is 2.67. The highest BCUT2D eigenvalue weighted by Gasteiger charge is 2.26. The number of rotatable bonds is 6. The lowest BCUT2D eigenvalue weighted by Gasteiger charge is -2.17. The molecule has 1 aromatic rings. The molecule has 2 unspecified atom stereocenters. The maximum atomic E-state index is 12.0. The van der Waals surface area contributed by atoms with E-state index in [4.69, 9.17) is 5.11 Å². The molecule has 0 saturated heterocycles. The Morgan fingerprint density at radius 1 is 1.38 bits per heavy atom. The molecule has 3 N–H and O–H groups in total. The van der Waals surface area contributed by atoms with Crippen LogP contribution in [-0.4, -0.2) is 30.1 Å². The summed E-state index contributed by atoms with van der Waals surface area (Å²) in [4.78, 5) is 23.1. The minimum atomic E-state index is -0.863. The molecule has 1 aromatic carbocycles. The fraction of sp³-hybridized carbons (Fsp3) is 0.500. The summed E-state index contributed by atoms with van der Waals surface area (Å²) in [6, 6.07) is 7.97. The SMILES string of the molecule is CC(C)C(CNC(=O)CC1CNc2ccccc21)C(=O)O. The van der Waals surface area contributed by atoms with E-state index >= 15 is 0 Å². The van der Waals surface area contributed by atoms with Crippen LogP contribution in [0.15, 0.2) is 24.3 Å². The first kappa shape index (κ1) is 15.4. The quantitative estimate of drug-likeness (QED) is 0.749. The molecule has 1 amide bonds. The van der Waals surface area contributed by atoms with E-state index in [0.717, 1.165) is 17.8 Å². The Balaban J connectivity index is 1.87. The number of carboxylic acid groups (broad SMARTS) is 1. The number of nitrogens with one attached hydrogen (secondary N) is 2. The van der Waals surface area contributed by atoms with Crippen LogP contribution in [-0.2, 0) is 9.59 Å². The standard InChI is InChI=1S/C16H22N2O3/c1-10(2)13(16(20)21)9-18-15(19)7-11-8-17-14-6-4-3-5-12(11)14/h3-6,10-11,13,17H,7-9H2,1-2H3,(H,18,19)(H,20,21). The average Bonchev–Trinajstić information content (AvgIpc) is 2.81. The van der Waals surface area contributed by atoms with Crippen molar-refractivity contribution in [3.8, 4) is 0 Å². The number of carbonyl (C=O) groups is 2. The Hall–Kier alpha value is -2.04. The van der Waals surface area contributed by atoms with Gasteiger partial charge in [0.25, 0.3) is 0 Å². The lowest BCUT2D eigenvalue weighted by Crippen LogP contribution is -2.36. The molecule has 21 heavy (non-hydrogen) atoms. The summed E-state index contributed by atoms with van der Waals surface area (Å²) in [5.74, 6) is -1.34. The van der Waals surface area contributed by atoms with E-state index in [2.05, 4.69) is 10.6 Å². The van der Waals surface area contributed by atoms with Crippen LogP contribution in [0.3, 0.4) is 0 Å². The Labute approximate surface area is 124 Å². The summed E-state index contributed by atoms with van der Waals surface area (Å²) in [5.41, 5.74) is 2.24. The zero-order valence-corrected chi connectivity index (χ0v) is 12.4. The molecule has 1 heterocycles. The number of hydrogen-bond acceptors (Lipinski definition) is 3. The van der Waals surface area contributed by atoms with Gasteiger partial charge in [0, 0.05) is 31.1 Å². The summed E-state index contributed by atoms with van der Waals surface area (Å²) >= 11 is 0. The number of aliphatic carboxylic acids is 1. The van der Waals surface area contributed by atoms with Crippen LogP contribution in [0.2, 0.25) is 0 Å². The second-order valence-corrected chi connectivity index (χ2v) is 5.86. The molecule has 0 bridgehead atoms. The van der Waals surface area contributed by atoms with Gasteiger partial charge in [-0.05, 0) is 17.5 Å². The molecular weight excluding hydrogens is 268 g/mol. The van der Waals surface area contributed by atoms with Crippen molar-refractivity contribution in [3.63, 3.8) is 0 Å². The molecule has 0 saturated carbocycles. The van der Waals surface area contributed by atoms with E-state index < -0.39 is 11.9 Å². The molecule has 2 atom stereocenters. The van der Waals surface area contributed by atoms with Crippen molar-refractivity contribution in [3.05, 3.63) is 29.8 Å². The molecular formula is C16H22N2O3. The number of carboxylic acids is 1. The van der Waals surface area contributed by atoms with Gasteiger partial charge in [0.2, 0.25) is 5.91 Å². The lowest BCUT2D eigenvalue weighted by atomic mass is 9.95. The summed E-state index contributed by atoms with van der Waals surface area (Å²) < 4.78 is 0. The molecule has 0 spiro atoms. The van der Waals surface area contributed by atoms with Crippen molar-refractivity contribution in [2.75, 3.05) is 18.4 Å². The molecule has 0 fully saturated rings. The maximum Gasteiger partial charge on any atom is 0.308 e.